The molecule has 0 aromatic carbocycles. The van der Waals surface area contributed by atoms with E-state index in [-0.39, 0.29) is 6.61 Å². The summed E-state index contributed by atoms with van der Waals surface area (Å²) in [6.07, 6.45) is 8.86. The van der Waals surface area contributed by atoms with Gasteiger partial charge in [-0.1, -0.05) is 25.7 Å². The van der Waals surface area contributed by atoms with Gasteiger partial charge in [0, 0.05) is 12.6 Å². The Morgan fingerprint density at radius 2 is 2.23 bits per heavy atom. The molecule has 0 aliphatic carbocycles. The number of unbranched alkanes of at least 4 members (excludes halogenated alkanes) is 1. The van der Waals surface area contributed by atoms with Crippen molar-refractivity contribution in [2.45, 2.75) is 39.2 Å². The van der Waals surface area contributed by atoms with Crippen LogP contribution in [0.2, 0.25) is 0 Å². The molecular formula is C11H21NO. The lowest BCUT2D eigenvalue weighted by atomic mass is 10.1. The number of aliphatic hydroxyl groups excluding tert-OH is 1. The van der Waals surface area contributed by atoms with E-state index in [0.29, 0.717) is 19.1 Å². The standard InChI is InChI=1S/C11H21NO/c1-4-6-7-11(3)12(8-5-2)9-10-13/h2,11,13H,4,6-10H2,1,3H3. The molecular weight excluding hydrogens is 162 g/mol. The molecule has 2 heteroatoms. The summed E-state index contributed by atoms with van der Waals surface area (Å²) in [5.74, 6) is 2.62. The smallest absolute Gasteiger partial charge is 0.0602 e. The molecule has 0 saturated heterocycles. The molecule has 0 aliphatic rings. The number of rotatable bonds is 7. The van der Waals surface area contributed by atoms with Crippen molar-refractivity contribution in [2.75, 3.05) is 19.7 Å². The van der Waals surface area contributed by atoms with Crippen molar-refractivity contribution in [3.63, 3.8) is 0 Å². The Bertz CT molecular complexity index is 151. The van der Waals surface area contributed by atoms with Crippen molar-refractivity contribution in [2.24, 2.45) is 0 Å². The molecule has 1 N–H and O–H groups in total. The Hall–Kier alpha value is -0.520. The van der Waals surface area contributed by atoms with Crippen LogP contribution >= 0.6 is 0 Å². The molecule has 0 radical (unpaired) electrons. The van der Waals surface area contributed by atoms with E-state index in [1.165, 1.54) is 12.8 Å². The van der Waals surface area contributed by atoms with E-state index in [9.17, 15) is 0 Å². The van der Waals surface area contributed by atoms with Gasteiger partial charge in [-0.2, -0.15) is 0 Å². The lowest BCUT2D eigenvalue weighted by Crippen LogP contribution is -2.35. The number of hydrogen-bond donors (Lipinski definition) is 1. The molecule has 0 aliphatic heterocycles. The van der Waals surface area contributed by atoms with Gasteiger partial charge in [0.05, 0.1) is 13.2 Å². The zero-order chi connectivity index (χ0) is 10.1. The molecule has 0 heterocycles. The summed E-state index contributed by atoms with van der Waals surface area (Å²) >= 11 is 0. The van der Waals surface area contributed by atoms with Gasteiger partial charge in [-0.3, -0.25) is 4.90 Å². The summed E-state index contributed by atoms with van der Waals surface area (Å²) in [5, 5.41) is 8.83. The molecule has 0 amide bonds. The van der Waals surface area contributed by atoms with Crippen molar-refractivity contribution in [3.05, 3.63) is 0 Å². The maximum atomic E-state index is 8.83. The molecule has 0 bridgehead atoms. The van der Waals surface area contributed by atoms with Gasteiger partial charge in [0.15, 0.2) is 0 Å². The molecule has 0 aromatic heterocycles. The van der Waals surface area contributed by atoms with Crippen molar-refractivity contribution >= 4 is 0 Å². The van der Waals surface area contributed by atoms with E-state index >= 15 is 0 Å². The monoisotopic (exact) mass is 183 g/mol. The van der Waals surface area contributed by atoms with E-state index in [1.807, 2.05) is 0 Å². The lowest BCUT2D eigenvalue weighted by molar-refractivity contribution is 0.167. The van der Waals surface area contributed by atoms with Crippen LogP contribution in [0.5, 0.6) is 0 Å². The van der Waals surface area contributed by atoms with Crippen molar-refractivity contribution in [3.8, 4) is 12.3 Å². The average Bonchev–Trinajstić information content (AvgIpc) is 2.14. The van der Waals surface area contributed by atoms with Gasteiger partial charge >= 0.3 is 0 Å². The number of hydrogen-bond acceptors (Lipinski definition) is 2. The topological polar surface area (TPSA) is 23.5 Å². The third-order valence-corrected chi connectivity index (χ3v) is 2.28. The van der Waals surface area contributed by atoms with E-state index in [1.54, 1.807) is 0 Å². The van der Waals surface area contributed by atoms with E-state index in [2.05, 4.69) is 24.7 Å². The van der Waals surface area contributed by atoms with Crippen molar-refractivity contribution < 1.29 is 5.11 Å². The zero-order valence-electron chi connectivity index (χ0n) is 8.79. The second kappa shape index (κ2) is 8.10. The van der Waals surface area contributed by atoms with Crippen LogP contribution in [0.25, 0.3) is 0 Å². The zero-order valence-corrected chi connectivity index (χ0v) is 8.79. The Kier molecular flexibility index (Phi) is 7.77. The maximum absolute atomic E-state index is 8.83. The average molecular weight is 183 g/mol. The number of terminal acetylenes is 1. The predicted octanol–water partition coefficient (Wildman–Crippen LogP) is 1.49. The first-order valence-corrected chi connectivity index (χ1v) is 5.04. The summed E-state index contributed by atoms with van der Waals surface area (Å²) in [6.45, 7) is 5.88. The van der Waals surface area contributed by atoms with Crippen LogP contribution in [0.15, 0.2) is 0 Å². The summed E-state index contributed by atoms with van der Waals surface area (Å²) in [4.78, 5) is 2.15. The van der Waals surface area contributed by atoms with Gasteiger partial charge in [-0.05, 0) is 13.3 Å². The van der Waals surface area contributed by atoms with E-state index < -0.39 is 0 Å². The molecule has 0 fully saturated rings. The predicted molar refractivity (Wildman–Crippen MR) is 56.5 cm³/mol. The molecule has 0 spiro atoms. The third kappa shape index (κ3) is 5.68. The minimum absolute atomic E-state index is 0.193. The fourth-order valence-corrected chi connectivity index (χ4v) is 1.38. The fraction of sp³-hybridized carbons (Fsp3) is 0.818. The first-order chi connectivity index (χ1) is 6.26. The van der Waals surface area contributed by atoms with Gasteiger partial charge in [0.25, 0.3) is 0 Å². The highest BCUT2D eigenvalue weighted by atomic mass is 16.3. The molecule has 76 valence electrons. The second-order valence-electron chi connectivity index (χ2n) is 3.39. The maximum Gasteiger partial charge on any atom is 0.0602 e. The third-order valence-electron chi connectivity index (χ3n) is 2.28. The van der Waals surface area contributed by atoms with Crippen LogP contribution in [0, 0.1) is 12.3 Å². The van der Waals surface area contributed by atoms with Crippen molar-refractivity contribution in [1.29, 1.82) is 0 Å². The van der Waals surface area contributed by atoms with Crippen LogP contribution in [0.3, 0.4) is 0 Å². The highest BCUT2D eigenvalue weighted by Crippen LogP contribution is 2.07. The van der Waals surface area contributed by atoms with Crippen molar-refractivity contribution in [1.82, 2.24) is 4.90 Å². The largest absolute Gasteiger partial charge is 0.395 e. The van der Waals surface area contributed by atoms with Crippen LogP contribution in [0.4, 0.5) is 0 Å². The van der Waals surface area contributed by atoms with Crippen LogP contribution in [0.1, 0.15) is 33.1 Å². The van der Waals surface area contributed by atoms with Gasteiger partial charge in [-0.15, -0.1) is 6.42 Å². The highest BCUT2D eigenvalue weighted by Gasteiger charge is 2.10. The molecule has 1 unspecified atom stereocenters. The van der Waals surface area contributed by atoms with Crippen LogP contribution < -0.4 is 0 Å². The lowest BCUT2D eigenvalue weighted by Gasteiger charge is -2.26. The first-order valence-electron chi connectivity index (χ1n) is 5.04. The Morgan fingerprint density at radius 1 is 1.54 bits per heavy atom. The quantitative estimate of drug-likeness (QED) is 0.605. The number of nitrogens with zero attached hydrogens (tertiary/aromatic N) is 1. The van der Waals surface area contributed by atoms with E-state index in [0.717, 1.165) is 6.42 Å². The van der Waals surface area contributed by atoms with E-state index in [4.69, 9.17) is 11.5 Å². The van der Waals surface area contributed by atoms with Crippen LogP contribution in [-0.4, -0.2) is 35.7 Å². The fourth-order valence-electron chi connectivity index (χ4n) is 1.38. The summed E-state index contributed by atoms with van der Waals surface area (Å²) < 4.78 is 0. The first kappa shape index (κ1) is 12.5. The number of aliphatic hydroxyl groups is 1. The highest BCUT2D eigenvalue weighted by molar-refractivity contribution is 4.89. The Morgan fingerprint density at radius 3 is 2.69 bits per heavy atom. The minimum Gasteiger partial charge on any atom is -0.395 e. The summed E-state index contributed by atoms with van der Waals surface area (Å²) in [5.41, 5.74) is 0. The summed E-state index contributed by atoms with van der Waals surface area (Å²) in [7, 11) is 0. The Labute approximate surface area is 81.9 Å². The molecule has 13 heavy (non-hydrogen) atoms. The SMILES string of the molecule is C#CCN(CCO)C(C)CCCC. The molecule has 0 saturated carbocycles. The molecule has 1 atom stereocenters. The van der Waals surface area contributed by atoms with Gasteiger partial charge in [0.1, 0.15) is 0 Å². The Balaban J connectivity index is 3.81. The van der Waals surface area contributed by atoms with Gasteiger partial charge < -0.3 is 5.11 Å². The molecule has 0 rings (SSSR count). The second-order valence-corrected chi connectivity index (χ2v) is 3.39. The van der Waals surface area contributed by atoms with Gasteiger partial charge in [0.2, 0.25) is 0 Å². The molecule has 0 aromatic rings. The summed E-state index contributed by atoms with van der Waals surface area (Å²) in [6, 6.07) is 0.489. The minimum atomic E-state index is 0.193. The molecule has 2 nitrogen and oxygen atoms in total. The normalized spacial score (nSPS) is 12.8. The van der Waals surface area contributed by atoms with Gasteiger partial charge in [-0.25, -0.2) is 0 Å². The van der Waals surface area contributed by atoms with Crippen LogP contribution in [-0.2, 0) is 0 Å².